The summed E-state index contributed by atoms with van der Waals surface area (Å²) in [5, 5.41) is 2.86. The van der Waals surface area contributed by atoms with E-state index in [9.17, 15) is 9.59 Å². The highest BCUT2D eigenvalue weighted by Gasteiger charge is 2.22. The Morgan fingerprint density at radius 1 is 0.909 bits per heavy atom. The van der Waals surface area contributed by atoms with Gasteiger partial charge < -0.3 is 24.6 Å². The Balaban J connectivity index is 1.14. The van der Waals surface area contributed by atoms with E-state index >= 15 is 0 Å². The number of piperazine rings is 1. The molecule has 8 heteroatoms. The molecule has 0 aliphatic carbocycles. The van der Waals surface area contributed by atoms with Crippen molar-refractivity contribution >= 4 is 23.3 Å². The van der Waals surface area contributed by atoms with E-state index in [4.69, 9.17) is 9.47 Å². The van der Waals surface area contributed by atoms with Gasteiger partial charge in [-0.05, 0) is 35.9 Å². The van der Waals surface area contributed by atoms with Gasteiger partial charge in [0.05, 0.1) is 18.3 Å². The molecular weight excluding hydrogens is 420 g/mol. The Morgan fingerprint density at radius 2 is 1.70 bits per heavy atom. The highest BCUT2D eigenvalue weighted by atomic mass is 16.7. The molecule has 0 radical (unpaired) electrons. The smallest absolute Gasteiger partial charge is 0.255 e. The number of pyridine rings is 1. The lowest BCUT2D eigenvalue weighted by Crippen LogP contribution is -2.49. The van der Waals surface area contributed by atoms with Crippen LogP contribution >= 0.6 is 0 Å². The summed E-state index contributed by atoms with van der Waals surface area (Å²) in [6.07, 6.45) is 2.07. The van der Waals surface area contributed by atoms with E-state index in [2.05, 4.69) is 15.2 Å². The first kappa shape index (κ1) is 20.8. The number of ether oxygens (including phenoxy) is 2. The maximum atomic E-state index is 12.6. The molecule has 2 aromatic carbocycles. The maximum absolute atomic E-state index is 12.6. The summed E-state index contributed by atoms with van der Waals surface area (Å²) in [5.41, 5.74) is 2.13. The predicted molar refractivity (Wildman–Crippen MR) is 124 cm³/mol. The molecule has 8 nitrogen and oxygen atoms in total. The van der Waals surface area contributed by atoms with E-state index in [-0.39, 0.29) is 18.6 Å². The first-order chi connectivity index (χ1) is 16.2. The van der Waals surface area contributed by atoms with E-state index in [1.54, 1.807) is 24.4 Å². The Hall–Kier alpha value is -4.07. The number of anilines is 2. The van der Waals surface area contributed by atoms with Crippen molar-refractivity contribution in [2.75, 3.05) is 43.2 Å². The van der Waals surface area contributed by atoms with Gasteiger partial charge >= 0.3 is 0 Å². The fourth-order valence-electron chi connectivity index (χ4n) is 3.96. The van der Waals surface area contributed by atoms with Crippen molar-refractivity contribution in [2.45, 2.75) is 6.42 Å². The second kappa shape index (κ2) is 9.20. The fourth-order valence-corrected chi connectivity index (χ4v) is 3.96. The number of carbonyl (C=O) groups is 2. The number of hydrogen-bond acceptors (Lipinski definition) is 6. The van der Waals surface area contributed by atoms with Gasteiger partial charge in [-0.3, -0.25) is 9.59 Å². The summed E-state index contributed by atoms with van der Waals surface area (Å²) >= 11 is 0. The molecule has 3 heterocycles. The number of benzene rings is 2. The van der Waals surface area contributed by atoms with Crippen molar-refractivity contribution in [2.24, 2.45) is 0 Å². The molecule has 0 bridgehead atoms. The molecule has 0 atom stereocenters. The van der Waals surface area contributed by atoms with Crippen LogP contribution in [0, 0.1) is 0 Å². The Kier molecular flexibility index (Phi) is 5.80. The third kappa shape index (κ3) is 4.74. The molecule has 2 aliphatic heterocycles. The molecule has 168 valence electrons. The van der Waals surface area contributed by atoms with Gasteiger partial charge in [0.25, 0.3) is 5.91 Å². The number of rotatable bonds is 5. The molecule has 0 saturated carbocycles. The van der Waals surface area contributed by atoms with Gasteiger partial charge in [0.1, 0.15) is 5.82 Å². The summed E-state index contributed by atoms with van der Waals surface area (Å²) in [4.78, 5) is 33.7. The number of aromatic nitrogens is 1. The van der Waals surface area contributed by atoms with Crippen LogP contribution < -0.4 is 19.7 Å². The first-order valence-corrected chi connectivity index (χ1v) is 10.9. The van der Waals surface area contributed by atoms with Crippen LogP contribution in [0.2, 0.25) is 0 Å². The number of carbonyl (C=O) groups excluding carboxylic acids is 2. The number of nitrogens with one attached hydrogen (secondary N) is 1. The van der Waals surface area contributed by atoms with Crippen LogP contribution in [0.4, 0.5) is 11.5 Å². The summed E-state index contributed by atoms with van der Waals surface area (Å²) in [6, 6.07) is 18.6. The lowest BCUT2D eigenvalue weighted by molar-refractivity contribution is -0.130. The molecule has 2 amide bonds. The van der Waals surface area contributed by atoms with Crippen molar-refractivity contribution in [3.63, 3.8) is 0 Å². The third-order valence-corrected chi connectivity index (χ3v) is 5.80. The zero-order chi connectivity index (χ0) is 22.6. The molecule has 1 N–H and O–H groups in total. The third-order valence-electron chi connectivity index (χ3n) is 5.80. The zero-order valence-electron chi connectivity index (χ0n) is 18.1. The number of amides is 2. The first-order valence-electron chi connectivity index (χ1n) is 10.9. The van der Waals surface area contributed by atoms with Crippen molar-refractivity contribution in [1.29, 1.82) is 0 Å². The van der Waals surface area contributed by atoms with Gasteiger partial charge in [0, 0.05) is 31.7 Å². The van der Waals surface area contributed by atoms with E-state index in [1.807, 2.05) is 47.4 Å². The van der Waals surface area contributed by atoms with Crippen molar-refractivity contribution in [3.8, 4) is 11.5 Å². The minimum Gasteiger partial charge on any atom is -0.454 e. The second-order valence-corrected chi connectivity index (χ2v) is 7.96. The van der Waals surface area contributed by atoms with Gasteiger partial charge in [-0.25, -0.2) is 4.98 Å². The van der Waals surface area contributed by atoms with Gasteiger partial charge in [0.2, 0.25) is 12.7 Å². The minimum atomic E-state index is -0.242. The van der Waals surface area contributed by atoms with Gasteiger partial charge in [0.15, 0.2) is 11.5 Å². The van der Waals surface area contributed by atoms with E-state index in [0.29, 0.717) is 42.3 Å². The van der Waals surface area contributed by atoms with E-state index < -0.39 is 0 Å². The average molecular weight is 444 g/mol. The molecular formula is C25H24N4O4. The van der Waals surface area contributed by atoms with Crippen molar-refractivity contribution in [3.05, 3.63) is 78.0 Å². The zero-order valence-corrected chi connectivity index (χ0v) is 18.1. The van der Waals surface area contributed by atoms with Crippen molar-refractivity contribution < 1.29 is 19.1 Å². The van der Waals surface area contributed by atoms with Crippen LogP contribution in [0.1, 0.15) is 15.9 Å². The Labute approximate surface area is 191 Å². The lowest BCUT2D eigenvalue weighted by Gasteiger charge is -2.35. The molecule has 33 heavy (non-hydrogen) atoms. The maximum Gasteiger partial charge on any atom is 0.255 e. The monoisotopic (exact) mass is 444 g/mol. The highest BCUT2D eigenvalue weighted by molar-refractivity contribution is 6.04. The topological polar surface area (TPSA) is 84.0 Å². The molecule has 5 rings (SSSR count). The van der Waals surface area contributed by atoms with Gasteiger partial charge in [-0.15, -0.1) is 0 Å². The van der Waals surface area contributed by atoms with Crippen molar-refractivity contribution in [1.82, 2.24) is 9.88 Å². The molecule has 1 saturated heterocycles. The standard InChI is InChI=1S/C25H24N4O4/c30-24(14-18-4-2-1-3-5-18)29-12-10-28(11-13-29)23-9-7-20(16-26-23)27-25(31)19-6-8-21-22(15-19)33-17-32-21/h1-9,15-16H,10-14,17H2,(H,27,31). The van der Waals surface area contributed by atoms with Crippen LogP contribution in [0.25, 0.3) is 0 Å². The van der Waals surface area contributed by atoms with Crippen LogP contribution in [-0.4, -0.2) is 54.7 Å². The van der Waals surface area contributed by atoms with E-state index in [1.165, 1.54) is 0 Å². The largest absolute Gasteiger partial charge is 0.454 e. The molecule has 2 aliphatic rings. The SMILES string of the molecule is O=C(Nc1ccc(N2CCN(C(=O)Cc3ccccc3)CC2)nc1)c1ccc2c(c1)OCO2. The highest BCUT2D eigenvalue weighted by Crippen LogP contribution is 2.32. The number of nitrogens with zero attached hydrogens (tertiary/aromatic N) is 3. The Morgan fingerprint density at radius 3 is 2.45 bits per heavy atom. The normalized spacial score (nSPS) is 14.8. The molecule has 3 aromatic rings. The van der Waals surface area contributed by atoms with Gasteiger partial charge in [-0.2, -0.15) is 0 Å². The summed E-state index contributed by atoms with van der Waals surface area (Å²) in [5.74, 6) is 1.94. The molecule has 0 spiro atoms. The summed E-state index contributed by atoms with van der Waals surface area (Å²) < 4.78 is 10.6. The average Bonchev–Trinajstić information content (AvgIpc) is 3.33. The van der Waals surface area contributed by atoms with Crippen LogP contribution in [0.5, 0.6) is 11.5 Å². The lowest BCUT2D eigenvalue weighted by atomic mass is 10.1. The van der Waals surface area contributed by atoms with E-state index in [0.717, 1.165) is 24.5 Å². The van der Waals surface area contributed by atoms with Crippen LogP contribution in [0.3, 0.4) is 0 Å². The van der Waals surface area contributed by atoms with Crippen LogP contribution in [-0.2, 0) is 11.2 Å². The second-order valence-electron chi connectivity index (χ2n) is 7.96. The molecule has 1 fully saturated rings. The summed E-state index contributed by atoms with van der Waals surface area (Å²) in [7, 11) is 0. The molecule has 0 unspecified atom stereocenters. The van der Waals surface area contributed by atoms with Gasteiger partial charge in [-0.1, -0.05) is 30.3 Å². The minimum absolute atomic E-state index is 0.149. The fraction of sp³-hybridized carbons (Fsp3) is 0.240. The molecule has 1 aromatic heterocycles. The number of fused-ring (bicyclic) bond motifs is 1. The predicted octanol–water partition coefficient (Wildman–Crippen LogP) is 2.95. The van der Waals surface area contributed by atoms with Crippen LogP contribution in [0.15, 0.2) is 66.9 Å². The summed E-state index contributed by atoms with van der Waals surface area (Å²) in [6.45, 7) is 2.93. The Bertz CT molecular complexity index is 1140. The quantitative estimate of drug-likeness (QED) is 0.652. The number of hydrogen-bond donors (Lipinski definition) is 1.